The first-order valence-corrected chi connectivity index (χ1v) is 17.5. The molecule has 11 heteroatoms. The van der Waals surface area contributed by atoms with Gasteiger partial charge in [-0.05, 0) is 65.8 Å². The molecule has 1 saturated heterocycles. The Morgan fingerprint density at radius 3 is 2.07 bits per heavy atom. The van der Waals surface area contributed by atoms with Gasteiger partial charge in [0.1, 0.15) is 11.3 Å². The number of carboxylic acids is 1. The molecule has 3 aliphatic carbocycles. The van der Waals surface area contributed by atoms with Crippen molar-refractivity contribution in [3.63, 3.8) is 0 Å². The van der Waals surface area contributed by atoms with E-state index in [-0.39, 0.29) is 58.5 Å². The summed E-state index contributed by atoms with van der Waals surface area (Å²) < 4.78 is 11.1. The van der Waals surface area contributed by atoms with E-state index in [1.165, 1.54) is 26.4 Å². The second-order valence-corrected chi connectivity index (χ2v) is 14.1. The van der Waals surface area contributed by atoms with Crippen LogP contribution in [0.15, 0.2) is 109 Å². The molecule has 1 saturated carbocycles. The molecule has 4 aromatic rings. The van der Waals surface area contributed by atoms with E-state index in [2.05, 4.69) is 0 Å². The largest absolute Gasteiger partial charge is 0.507 e. The molecule has 54 heavy (non-hydrogen) atoms. The highest BCUT2D eigenvalue weighted by Gasteiger charge is 2.66. The average Bonchev–Trinajstić information content (AvgIpc) is 3.44. The zero-order valence-corrected chi connectivity index (χ0v) is 29.3. The summed E-state index contributed by atoms with van der Waals surface area (Å²) in [6.45, 7) is 0. The van der Waals surface area contributed by atoms with Crippen molar-refractivity contribution >= 4 is 40.6 Å². The summed E-state index contributed by atoms with van der Waals surface area (Å²) in [6, 6.07) is 24.8. The highest BCUT2D eigenvalue weighted by molar-refractivity contribution is 6.32. The van der Waals surface area contributed by atoms with E-state index in [1.54, 1.807) is 36.4 Å². The minimum absolute atomic E-state index is 0.0284. The molecule has 4 aromatic carbocycles. The fourth-order valence-electron chi connectivity index (χ4n) is 9.42. The lowest BCUT2D eigenvalue weighted by Gasteiger charge is -2.55. The number of carboxylic acid groups (broad SMARTS) is 1. The maximum Gasteiger partial charge on any atom is 0.339 e. The Kier molecular flexibility index (Phi) is 8.24. The molecule has 8 rings (SSSR count). The molecule has 1 heterocycles. The van der Waals surface area contributed by atoms with Gasteiger partial charge in [-0.25, -0.2) is 9.69 Å². The van der Waals surface area contributed by atoms with Crippen LogP contribution in [0.1, 0.15) is 45.8 Å². The molecule has 1 aliphatic heterocycles. The predicted octanol–water partition coefficient (Wildman–Crippen LogP) is 5.84. The number of ketones is 2. The number of amides is 2. The van der Waals surface area contributed by atoms with Gasteiger partial charge in [0.15, 0.2) is 23.1 Å². The van der Waals surface area contributed by atoms with Gasteiger partial charge in [-0.1, -0.05) is 72.3 Å². The number of hydrogen-bond acceptors (Lipinski definition) is 9. The lowest BCUT2D eigenvalue weighted by Crippen LogP contribution is -2.58. The lowest BCUT2D eigenvalue weighted by molar-refractivity contribution is -0.135. The number of nitrogens with zero attached hydrogens (tertiary/aromatic N) is 1. The minimum atomic E-state index is -1.51. The monoisotopic (exact) mass is 725 g/mol. The molecule has 11 nitrogen and oxygen atoms in total. The van der Waals surface area contributed by atoms with Crippen molar-refractivity contribution in [1.29, 1.82) is 0 Å². The fraction of sp³-hybridized carbons (Fsp3) is 0.233. The molecular formula is C43H35NO10. The Morgan fingerprint density at radius 2 is 1.46 bits per heavy atom. The number of benzene rings is 4. The number of rotatable bonds is 7. The quantitative estimate of drug-likeness (QED) is 0.156. The maximum absolute atomic E-state index is 15.2. The number of Topliss-reactive ketones (excluding diaryl/α,β-unsaturated/α-hetero) is 1. The van der Waals surface area contributed by atoms with E-state index in [0.717, 1.165) is 17.0 Å². The van der Waals surface area contributed by atoms with Gasteiger partial charge in [0.25, 0.3) is 0 Å². The van der Waals surface area contributed by atoms with Crippen LogP contribution in [0.25, 0.3) is 5.57 Å². The normalized spacial score (nSPS) is 26.0. The third kappa shape index (κ3) is 4.91. The van der Waals surface area contributed by atoms with Crippen molar-refractivity contribution < 1.29 is 48.8 Å². The molecule has 0 aromatic heterocycles. The average molecular weight is 726 g/mol. The molecule has 0 bridgehead atoms. The van der Waals surface area contributed by atoms with E-state index in [1.807, 2.05) is 42.5 Å². The van der Waals surface area contributed by atoms with Gasteiger partial charge in [0.05, 0.1) is 37.2 Å². The molecule has 2 amide bonds. The number of ether oxygens (including phenoxy) is 2. The predicted molar refractivity (Wildman–Crippen MR) is 195 cm³/mol. The van der Waals surface area contributed by atoms with Crippen LogP contribution in [0.2, 0.25) is 0 Å². The molecule has 0 radical (unpaired) electrons. The second-order valence-electron chi connectivity index (χ2n) is 14.1. The second kappa shape index (κ2) is 12.9. The number of phenolic OH excluding ortho intramolecular Hbond substituents is 1. The van der Waals surface area contributed by atoms with Crippen molar-refractivity contribution in [2.24, 2.45) is 23.7 Å². The van der Waals surface area contributed by atoms with Crippen LogP contribution in [0.3, 0.4) is 0 Å². The van der Waals surface area contributed by atoms with Gasteiger partial charge in [0.2, 0.25) is 17.6 Å². The van der Waals surface area contributed by atoms with Crippen LogP contribution in [0, 0.1) is 23.7 Å². The third-order valence-corrected chi connectivity index (χ3v) is 11.7. The first-order chi connectivity index (χ1) is 26.0. The number of aromatic carboxylic acids is 1. The number of anilines is 1. The minimum Gasteiger partial charge on any atom is -0.507 e. The van der Waals surface area contributed by atoms with Crippen LogP contribution < -0.4 is 14.4 Å². The summed E-state index contributed by atoms with van der Waals surface area (Å²) in [5, 5.41) is 30.9. The van der Waals surface area contributed by atoms with Crippen LogP contribution in [-0.2, 0) is 24.6 Å². The number of imide groups is 1. The summed E-state index contributed by atoms with van der Waals surface area (Å²) in [5.41, 5.74) is 0.756. The van der Waals surface area contributed by atoms with Crippen LogP contribution in [0.4, 0.5) is 5.69 Å². The van der Waals surface area contributed by atoms with Crippen LogP contribution in [0.5, 0.6) is 23.0 Å². The summed E-state index contributed by atoms with van der Waals surface area (Å²) in [6.07, 6.45) is 3.53. The molecule has 4 aliphatic rings. The molecule has 0 spiro atoms. The van der Waals surface area contributed by atoms with Gasteiger partial charge in [-0.15, -0.1) is 0 Å². The Balaban J connectivity index is 1.36. The van der Waals surface area contributed by atoms with Crippen molar-refractivity contribution in [1.82, 2.24) is 0 Å². The summed E-state index contributed by atoms with van der Waals surface area (Å²) >= 11 is 0. The Morgan fingerprint density at radius 1 is 0.815 bits per heavy atom. The van der Waals surface area contributed by atoms with E-state index in [9.17, 15) is 29.7 Å². The van der Waals surface area contributed by atoms with Crippen molar-refractivity contribution in [3.05, 3.63) is 131 Å². The summed E-state index contributed by atoms with van der Waals surface area (Å²) in [4.78, 5) is 71.7. The number of phenols is 2. The molecule has 0 unspecified atom stereocenters. The van der Waals surface area contributed by atoms with Crippen LogP contribution >= 0.6 is 0 Å². The number of aromatic hydroxyl groups is 2. The third-order valence-electron chi connectivity index (χ3n) is 11.7. The first kappa shape index (κ1) is 34.6. The number of hydrogen-bond donors (Lipinski definition) is 3. The van der Waals surface area contributed by atoms with Gasteiger partial charge >= 0.3 is 5.97 Å². The van der Waals surface area contributed by atoms with E-state index >= 15 is 9.59 Å². The van der Waals surface area contributed by atoms with E-state index in [4.69, 9.17) is 9.47 Å². The highest BCUT2D eigenvalue weighted by Crippen LogP contribution is 2.64. The fourth-order valence-corrected chi connectivity index (χ4v) is 9.42. The van der Waals surface area contributed by atoms with E-state index in [0.29, 0.717) is 22.3 Å². The number of methoxy groups -OCH3 is 2. The number of carbonyl (C=O) groups excluding carboxylic acids is 4. The SMILES string of the molecule is COc1cc([C@H]2C3=CC[C@@H]4C(=O)N(c5ccc(C(=O)O)c(O)c5)C(=O)[C@@H]4[C@@H]3C[C@H]3C(=O)C(c4ccccc4)=CC(=O)[C@@]23c2ccccc2)cc(OC)c1O. The first-order valence-electron chi connectivity index (χ1n) is 17.5. The Hall–Kier alpha value is -6.49. The van der Waals surface area contributed by atoms with Gasteiger partial charge in [-0.2, -0.15) is 0 Å². The number of fused-ring (bicyclic) bond motifs is 4. The van der Waals surface area contributed by atoms with Crippen molar-refractivity contribution in [2.45, 2.75) is 24.2 Å². The Labute approximate surface area is 309 Å². The number of carbonyl (C=O) groups is 5. The van der Waals surface area contributed by atoms with Crippen LogP contribution in [-0.4, -0.2) is 58.9 Å². The highest BCUT2D eigenvalue weighted by atomic mass is 16.5. The number of allylic oxidation sites excluding steroid dienone is 4. The summed E-state index contributed by atoms with van der Waals surface area (Å²) in [5.74, 6) is -8.03. The topological polar surface area (TPSA) is 168 Å². The standard InChI is InChI=1S/C43H35NO10/c1-53-33-17-23(18-34(54-2)39(33)48)37-26-15-16-28-36(41(50)44(40(28)49)25-13-14-27(42(51)52)32(45)19-25)30(26)20-31-38(47)29(22-9-5-3-6-10-22)21-35(46)43(31,37)24-11-7-4-8-12-24/h3-15,17-19,21,28,30-31,36-37,45,48H,16,20H2,1-2H3,(H,51,52)/t28-,30+,31-,36-,37-,43-/m0/s1. The van der Waals surface area contributed by atoms with E-state index < -0.39 is 58.5 Å². The van der Waals surface area contributed by atoms with Gasteiger partial charge < -0.3 is 24.8 Å². The molecular weight excluding hydrogens is 690 g/mol. The van der Waals surface area contributed by atoms with Gasteiger partial charge in [0, 0.05) is 23.5 Å². The zero-order chi connectivity index (χ0) is 38.1. The van der Waals surface area contributed by atoms with Crippen molar-refractivity contribution in [2.75, 3.05) is 19.1 Å². The Bertz CT molecular complexity index is 2310. The smallest absolute Gasteiger partial charge is 0.339 e. The van der Waals surface area contributed by atoms with Crippen molar-refractivity contribution in [3.8, 4) is 23.0 Å². The molecule has 3 N–H and O–H groups in total. The zero-order valence-electron chi connectivity index (χ0n) is 29.3. The summed E-state index contributed by atoms with van der Waals surface area (Å²) in [7, 11) is 2.79. The van der Waals surface area contributed by atoms with Gasteiger partial charge in [-0.3, -0.25) is 19.2 Å². The molecule has 2 fully saturated rings. The lowest BCUT2D eigenvalue weighted by atomic mass is 9.44. The molecule has 272 valence electrons. The molecule has 6 atom stereocenters. The maximum atomic E-state index is 15.2.